The van der Waals surface area contributed by atoms with Gasteiger partial charge in [-0.1, -0.05) is 28.1 Å². The Morgan fingerprint density at radius 2 is 1.71 bits per heavy atom. The van der Waals surface area contributed by atoms with Gasteiger partial charge in [-0.3, -0.25) is 0 Å². The van der Waals surface area contributed by atoms with Gasteiger partial charge in [0.2, 0.25) is 11.7 Å². The predicted octanol–water partition coefficient (Wildman–Crippen LogP) is 4.77. The van der Waals surface area contributed by atoms with Crippen LogP contribution in [0.15, 0.2) is 40.9 Å². The lowest BCUT2D eigenvalue weighted by Crippen LogP contribution is -1.98. The van der Waals surface area contributed by atoms with E-state index in [2.05, 4.69) is 25.9 Å². The van der Waals surface area contributed by atoms with Crippen LogP contribution in [0.25, 0.3) is 11.0 Å². The summed E-state index contributed by atoms with van der Waals surface area (Å²) < 4.78 is 32.9. The molecule has 0 radical (unpaired) electrons. The molecule has 0 saturated heterocycles. The van der Waals surface area contributed by atoms with E-state index in [1.54, 1.807) is 13.0 Å². The van der Waals surface area contributed by atoms with E-state index in [-0.39, 0.29) is 11.6 Å². The van der Waals surface area contributed by atoms with Gasteiger partial charge >= 0.3 is 0 Å². The van der Waals surface area contributed by atoms with E-state index in [0.717, 1.165) is 6.07 Å². The molecule has 1 heterocycles. The number of fused-ring (bicyclic) bond motifs is 1. The number of ether oxygens (including phenoxy) is 1. The number of aryl methyl sites for hydroxylation is 1. The van der Waals surface area contributed by atoms with Crippen LogP contribution in [0.4, 0.5) is 8.78 Å². The van der Waals surface area contributed by atoms with E-state index in [0.29, 0.717) is 21.2 Å². The Hall–Kier alpha value is -2.08. The highest BCUT2D eigenvalue weighted by Gasteiger charge is 2.15. The summed E-state index contributed by atoms with van der Waals surface area (Å²) in [6.07, 6.45) is 0. The maximum Gasteiger partial charge on any atom is 0.241 e. The molecular formula is C15H9BrF2N2O. The number of para-hydroxylation sites is 2. The summed E-state index contributed by atoms with van der Waals surface area (Å²) in [6, 6.07) is 9.62. The lowest BCUT2D eigenvalue weighted by Gasteiger charge is -2.10. The maximum atomic E-state index is 13.7. The third-order valence-electron chi connectivity index (χ3n) is 2.87. The Balaban J connectivity index is 2.08. The second-order valence-corrected chi connectivity index (χ2v) is 5.32. The minimum absolute atomic E-state index is 0.144. The summed E-state index contributed by atoms with van der Waals surface area (Å²) in [5.74, 6) is -2.15. The zero-order chi connectivity index (χ0) is 15.0. The van der Waals surface area contributed by atoms with Crippen molar-refractivity contribution < 1.29 is 13.5 Å². The molecule has 0 amide bonds. The van der Waals surface area contributed by atoms with Crippen molar-refractivity contribution in [2.45, 2.75) is 6.92 Å². The van der Waals surface area contributed by atoms with E-state index in [4.69, 9.17) is 4.74 Å². The average molecular weight is 351 g/mol. The number of hydrogen-bond donors (Lipinski definition) is 0. The highest BCUT2D eigenvalue weighted by molar-refractivity contribution is 9.10. The molecule has 0 aliphatic heterocycles. The number of hydrogen-bond acceptors (Lipinski definition) is 3. The average Bonchev–Trinajstić information content (AvgIpc) is 2.45. The maximum absolute atomic E-state index is 13.7. The molecule has 0 spiro atoms. The van der Waals surface area contributed by atoms with E-state index >= 15 is 0 Å². The first kappa shape index (κ1) is 13.9. The molecule has 0 aliphatic carbocycles. The predicted molar refractivity (Wildman–Crippen MR) is 78.4 cm³/mol. The van der Waals surface area contributed by atoms with Gasteiger partial charge in [0, 0.05) is 4.47 Å². The molecule has 1 aromatic heterocycles. The largest absolute Gasteiger partial charge is 0.434 e. The van der Waals surface area contributed by atoms with Crippen LogP contribution in [0.5, 0.6) is 11.6 Å². The molecule has 3 rings (SSSR count). The summed E-state index contributed by atoms with van der Waals surface area (Å²) in [4.78, 5) is 8.61. The van der Waals surface area contributed by atoms with Crippen molar-refractivity contribution in [2.75, 3.05) is 0 Å². The van der Waals surface area contributed by atoms with Gasteiger partial charge in [-0.25, -0.2) is 14.4 Å². The van der Waals surface area contributed by atoms with Gasteiger partial charge in [0.25, 0.3) is 0 Å². The molecular weight excluding hydrogens is 342 g/mol. The molecule has 3 aromatic rings. The van der Waals surface area contributed by atoms with Crippen LogP contribution >= 0.6 is 15.9 Å². The summed E-state index contributed by atoms with van der Waals surface area (Å²) in [5, 5.41) is 0. The Morgan fingerprint density at radius 1 is 1.05 bits per heavy atom. The van der Waals surface area contributed by atoms with Crippen LogP contribution in [0.2, 0.25) is 0 Å². The Morgan fingerprint density at radius 3 is 2.43 bits per heavy atom. The normalized spacial score (nSPS) is 10.9. The topological polar surface area (TPSA) is 35.0 Å². The first-order chi connectivity index (χ1) is 10.0. The van der Waals surface area contributed by atoms with Crippen molar-refractivity contribution >= 4 is 27.0 Å². The van der Waals surface area contributed by atoms with Gasteiger partial charge in [-0.2, -0.15) is 4.39 Å². The smallest absolute Gasteiger partial charge is 0.241 e. The van der Waals surface area contributed by atoms with Gasteiger partial charge in [-0.15, -0.1) is 0 Å². The summed E-state index contributed by atoms with van der Waals surface area (Å²) in [7, 11) is 0. The molecule has 106 valence electrons. The molecule has 0 atom stereocenters. The highest BCUT2D eigenvalue weighted by Crippen LogP contribution is 2.30. The van der Waals surface area contributed by atoms with Gasteiger partial charge in [0.1, 0.15) is 5.69 Å². The number of nitrogens with zero attached hydrogens (tertiary/aromatic N) is 2. The first-order valence-corrected chi connectivity index (χ1v) is 6.89. The molecule has 0 fully saturated rings. The molecule has 2 aromatic carbocycles. The van der Waals surface area contributed by atoms with Crippen molar-refractivity contribution in [1.29, 1.82) is 0 Å². The first-order valence-electron chi connectivity index (χ1n) is 6.10. The van der Waals surface area contributed by atoms with Crippen LogP contribution in [-0.2, 0) is 0 Å². The van der Waals surface area contributed by atoms with Crippen molar-refractivity contribution in [3.8, 4) is 11.6 Å². The fraction of sp³-hybridized carbons (Fsp3) is 0.0667. The van der Waals surface area contributed by atoms with Gasteiger partial charge in [0.15, 0.2) is 11.6 Å². The molecule has 0 unspecified atom stereocenters. The minimum atomic E-state index is -1.06. The lowest BCUT2D eigenvalue weighted by atomic mass is 10.3. The summed E-state index contributed by atoms with van der Waals surface area (Å²) >= 11 is 3.10. The zero-order valence-electron chi connectivity index (χ0n) is 10.9. The van der Waals surface area contributed by atoms with E-state index in [1.807, 2.05) is 18.2 Å². The third-order valence-corrected chi connectivity index (χ3v) is 3.33. The van der Waals surface area contributed by atoms with Gasteiger partial charge < -0.3 is 4.74 Å². The fourth-order valence-corrected chi connectivity index (χ4v) is 2.29. The number of benzene rings is 2. The van der Waals surface area contributed by atoms with E-state index in [1.165, 1.54) is 6.07 Å². The SMILES string of the molecule is Cc1nc2ccccc2nc1Oc1cc(Br)cc(F)c1F. The summed E-state index contributed by atoms with van der Waals surface area (Å²) in [5.41, 5.74) is 1.82. The number of halogens is 3. The molecule has 21 heavy (non-hydrogen) atoms. The molecule has 6 heteroatoms. The molecule has 3 nitrogen and oxygen atoms in total. The van der Waals surface area contributed by atoms with Crippen molar-refractivity contribution in [3.63, 3.8) is 0 Å². The van der Waals surface area contributed by atoms with Gasteiger partial charge in [0.05, 0.1) is 11.0 Å². The van der Waals surface area contributed by atoms with Crippen LogP contribution in [0.1, 0.15) is 5.69 Å². The molecule has 0 saturated carbocycles. The van der Waals surface area contributed by atoms with E-state index in [9.17, 15) is 8.78 Å². The summed E-state index contributed by atoms with van der Waals surface area (Å²) in [6.45, 7) is 1.70. The van der Waals surface area contributed by atoms with Crippen molar-refractivity contribution in [1.82, 2.24) is 9.97 Å². The second kappa shape index (κ2) is 5.37. The van der Waals surface area contributed by atoms with Crippen LogP contribution in [0, 0.1) is 18.6 Å². The molecule has 0 N–H and O–H groups in total. The van der Waals surface area contributed by atoms with Crippen molar-refractivity contribution in [2.24, 2.45) is 0 Å². The monoisotopic (exact) mass is 350 g/mol. The zero-order valence-corrected chi connectivity index (χ0v) is 12.5. The van der Waals surface area contributed by atoms with E-state index < -0.39 is 11.6 Å². The Labute approximate surface area is 127 Å². The lowest BCUT2D eigenvalue weighted by molar-refractivity contribution is 0.402. The van der Waals surface area contributed by atoms with Crippen LogP contribution in [-0.4, -0.2) is 9.97 Å². The van der Waals surface area contributed by atoms with Crippen LogP contribution in [0.3, 0.4) is 0 Å². The van der Waals surface area contributed by atoms with Gasteiger partial charge in [-0.05, 0) is 31.2 Å². The number of aromatic nitrogens is 2. The minimum Gasteiger partial charge on any atom is -0.434 e. The molecule has 0 aliphatic rings. The Bertz CT molecular complexity index is 839. The molecule has 0 bridgehead atoms. The Kier molecular flexibility index (Phi) is 3.55. The highest BCUT2D eigenvalue weighted by atomic mass is 79.9. The number of rotatable bonds is 2. The van der Waals surface area contributed by atoms with Crippen LogP contribution < -0.4 is 4.74 Å². The van der Waals surface area contributed by atoms with Crippen molar-refractivity contribution in [3.05, 3.63) is 58.2 Å². The quantitative estimate of drug-likeness (QED) is 0.624. The fourth-order valence-electron chi connectivity index (χ4n) is 1.88. The standard InChI is InChI=1S/C15H9BrF2N2O/c1-8-15(20-12-5-3-2-4-11(12)19-8)21-13-7-9(16)6-10(17)14(13)18/h2-7H,1H3. The third kappa shape index (κ3) is 2.71. The second-order valence-electron chi connectivity index (χ2n) is 4.40.